The van der Waals surface area contributed by atoms with Gasteiger partial charge in [0, 0.05) is 86.2 Å². The predicted molar refractivity (Wildman–Crippen MR) is 291 cm³/mol. The van der Waals surface area contributed by atoms with Crippen molar-refractivity contribution in [2.24, 2.45) is 0 Å². The lowest BCUT2D eigenvalue weighted by Gasteiger charge is -2.29. The maximum atomic E-state index is 13.1. The summed E-state index contributed by atoms with van der Waals surface area (Å²) in [5.41, 5.74) is 17.0. The second-order valence-corrected chi connectivity index (χ2v) is 20.2. The number of nitrogens with zero attached hydrogens (tertiary/aromatic N) is 6. The third-order valence-electron chi connectivity index (χ3n) is 14.1. The predicted octanol–water partition coefficient (Wildman–Crippen LogP) is 12.7. The minimum absolute atomic E-state index is 0.0949. The fourth-order valence-corrected chi connectivity index (χ4v) is 11.1. The van der Waals surface area contributed by atoms with Gasteiger partial charge in [-0.25, -0.2) is 8.78 Å². The first-order chi connectivity index (χ1) is 33.3. The number of likely N-dealkylation sites (N-methyl/N-ethyl adjacent to an activating group) is 4. The zero-order valence-corrected chi connectivity index (χ0v) is 43.5. The van der Waals surface area contributed by atoms with Crippen molar-refractivity contribution in [3.8, 4) is 0 Å². The van der Waals surface area contributed by atoms with Crippen molar-refractivity contribution < 1.29 is 8.78 Å². The zero-order chi connectivity index (χ0) is 49.0. The van der Waals surface area contributed by atoms with Gasteiger partial charge in [-0.05, 0) is 153 Å². The Morgan fingerprint density at radius 1 is 0.377 bits per heavy atom. The van der Waals surface area contributed by atoms with Gasteiger partial charge in [0.25, 0.3) is 0 Å². The number of para-hydroxylation sites is 4. The number of rotatable bonds is 0. The van der Waals surface area contributed by atoms with E-state index in [-0.39, 0.29) is 11.6 Å². The van der Waals surface area contributed by atoms with Crippen molar-refractivity contribution in [3.05, 3.63) is 187 Å². The van der Waals surface area contributed by atoms with E-state index in [1.807, 2.05) is 48.3 Å². The summed E-state index contributed by atoms with van der Waals surface area (Å²) in [6.45, 7) is 10.9. The standard InChI is InChI=1S/C11H15N.C10H12ClN.C10H12FN.C10H13N.C9H10ClN.C9H10FN/c1-9-5-3-6-10-7-4-8-12(2)11(9)10;1-12-7-3-5-8-4-2-6-9(11)10(8)12;1-12-5-4-8-2-3-10(11)6-9(8)7-12;1-11-7-6-9-4-2-3-5-10(9)8-11;2*1-11-6-5-7-3-2-4-8(10)9(7)11/h3,5-6H,4,7-8H2,1-2H3;2,4,6H,3,5,7H2,1H3;2-3,6H,4-5,7H2,1H3;2-5H,6-8H2,1H3;2*2-4H,5-6H2,1H3. The second-order valence-electron chi connectivity index (χ2n) is 19.4. The monoisotopic (exact) mass is 973 g/mol. The van der Waals surface area contributed by atoms with Gasteiger partial charge in [-0.15, -0.1) is 0 Å². The van der Waals surface area contributed by atoms with Crippen LogP contribution in [0.5, 0.6) is 0 Å². The van der Waals surface area contributed by atoms with E-state index in [0.717, 1.165) is 85.4 Å². The molecule has 6 aromatic carbocycles. The van der Waals surface area contributed by atoms with E-state index < -0.39 is 0 Å². The van der Waals surface area contributed by atoms with Crippen molar-refractivity contribution in [2.45, 2.75) is 71.4 Å². The molecule has 366 valence electrons. The third-order valence-corrected chi connectivity index (χ3v) is 14.7. The van der Waals surface area contributed by atoms with Crippen LogP contribution in [0.15, 0.2) is 115 Å². The molecule has 0 amide bonds. The Balaban J connectivity index is 0.000000122. The SMILES string of the molecule is CN1CCCc2cccc(Cl)c21.CN1CCc2ccc(F)cc2C1.CN1CCc2cccc(Cl)c21.CN1CCc2cccc(F)c21.CN1CCc2ccccc2C1.Cc1cccc2c1N(C)CCC2. The van der Waals surface area contributed by atoms with Gasteiger partial charge in [0.15, 0.2) is 0 Å². The van der Waals surface area contributed by atoms with E-state index in [1.165, 1.54) is 107 Å². The molecule has 0 saturated carbocycles. The fraction of sp³-hybridized carbons (Fsp3) is 0.390. The van der Waals surface area contributed by atoms with Crippen molar-refractivity contribution >= 4 is 46.0 Å². The number of anilines is 4. The summed E-state index contributed by atoms with van der Waals surface area (Å²) < 4.78 is 25.9. The molecule has 0 radical (unpaired) electrons. The van der Waals surface area contributed by atoms with E-state index in [9.17, 15) is 8.78 Å². The molecular formula is C59H72Cl2F2N6. The Labute approximate surface area is 422 Å². The molecule has 0 bridgehead atoms. The van der Waals surface area contributed by atoms with Crippen LogP contribution in [0.2, 0.25) is 10.0 Å². The Kier molecular flexibility index (Phi) is 18.5. The molecule has 0 atom stereocenters. The van der Waals surface area contributed by atoms with Gasteiger partial charge in [-0.1, -0.05) is 108 Å². The average Bonchev–Trinajstić information content (AvgIpc) is 3.93. The Hall–Kier alpha value is -5.12. The van der Waals surface area contributed by atoms with Gasteiger partial charge in [0.2, 0.25) is 0 Å². The van der Waals surface area contributed by atoms with Crippen LogP contribution >= 0.6 is 23.2 Å². The number of halogens is 4. The van der Waals surface area contributed by atoms with Crippen LogP contribution in [0.3, 0.4) is 0 Å². The molecular weight excluding hydrogens is 902 g/mol. The minimum Gasteiger partial charge on any atom is -0.374 e. The molecule has 0 aliphatic carbocycles. The van der Waals surface area contributed by atoms with Gasteiger partial charge >= 0.3 is 0 Å². The number of hydrogen-bond acceptors (Lipinski definition) is 6. The van der Waals surface area contributed by atoms with E-state index in [2.05, 4.69) is 121 Å². The van der Waals surface area contributed by atoms with Crippen molar-refractivity contribution in [3.63, 3.8) is 0 Å². The maximum Gasteiger partial charge on any atom is 0.146 e. The highest BCUT2D eigenvalue weighted by Gasteiger charge is 2.20. The van der Waals surface area contributed by atoms with Gasteiger partial charge in [-0.3, -0.25) is 0 Å². The lowest BCUT2D eigenvalue weighted by Crippen LogP contribution is -2.26. The van der Waals surface area contributed by atoms with E-state index in [1.54, 1.807) is 18.2 Å². The third kappa shape index (κ3) is 13.6. The molecule has 69 heavy (non-hydrogen) atoms. The molecule has 6 aromatic rings. The zero-order valence-electron chi connectivity index (χ0n) is 42.0. The van der Waals surface area contributed by atoms with Crippen molar-refractivity contribution in [1.82, 2.24) is 9.80 Å². The number of aryl methyl sites for hydroxylation is 3. The number of benzene rings is 6. The molecule has 6 aliphatic rings. The first-order valence-corrected chi connectivity index (χ1v) is 25.5. The molecule has 0 aromatic heterocycles. The first kappa shape index (κ1) is 51.7. The topological polar surface area (TPSA) is 19.4 Å². The number of fused-ring (bicyclic) bond motifs is 6. The Morgan fingerprint density at radius 2 is 0.797 bits per heavy atom. The Bertz CT molecular complexity index is 2520. The fourth-order valence-electron chi connectivity index (χ4n) is 10.4. The van der Waals surface area contributed by atoms with Gasteiger partial charge in [-0.2, -0.15) is 0 Å². The van der Waals surface area contributed by atoms with Crippen molar-refractivity contribution in [1.29, 1.82) is 0 Å². The van der Waals surface area contributed by atoms with Crippen LogP contribution in [0.4, 0.5) is 31.5 Å². The molecule has 0 N–H and O–H groups in total. The first-order valence-electron chi connectivity index (χ1n) is 24.7. The Morgan fingerprint density at radius 3 is 1.36 bits per heavy atom. The summed E-state index contributed by atoms with van der Waals surface area (Å²) in [4.78, 5) is 13.3. The largest absolute Gasteiger partial charge is 0.374 e. The summed E-state index contributed by atoms with van der Waals surface area (Å²) in [6.07, 6.45) is 9.33. The van der Waals surface area contributed by atoms with Crippen LogP contribution in [-0.2, 0) is 51.6 Å². The van der Waals surface area contributed by atoms with Gasteiger partial charge in [0.1, 0.15) is 11.6 Å². The molecule has 0 fully saturated rings. The van der Waals surface area contributed by atoms with E-state index >= 15 is 0 Å². The van der Waals surface area contributed by atoms with Gasteiger partial charge < -0.3 is 29.4 Å². The molecule has 10 heteroatoms. The molecule has 12 rings (SSSR count). The quantitative estimate of drug-likeness (QED) is 0.150. The molecule has 0 unspecified atom stereocenters. The second kappa shape index (κ2) is 24.6. The summed E-state index contributed by atoms with van der Waals surface area (Å²) in [5, 5.41) is 1.76. The normalized spacial score (nSPS) is 16.3. The van der Waals surface area contributed by atoms with Gasteiger partial charge in [0.05, 0.1) is 27.1 Å². The molecule has 6 heterocycles. The number of hydrogen-bond donors (Lipinski definition) is 0. The summed E-state index contributed by atoms with van der Waals surface area (Å²) in [5.74, 6) is -0.216. The molecule has 6 aliphatic heterocycles. The van der Waals surface area contributed by atoms with E-state index in [4.69, 9.17) is 23.2 Å². The maximum absolute atomic E-state index is 13.1. The summed E-state index contributed by atoms with van der Waals surface area (Å²) in [6, 6.07) is 37.9. The minimum atomic E-state index is -0.121. The van der Waals surface area contributed by atoms with Crippen LogP contribution in [0, 0.1) is 18.6 Å². The lowest BCUT2D eigenvalue weighted by molar-refractivity contribution is 0.312. The smallest absolute Gasteiger partial charge is 0.146 e. The lowest BCUT2D eigenvalue weighted by atomic mass is 9.99. The molecule has 0 saturated heterocycles. The molecule has 6 nitrogen and oxygen atoms in total. The summed E-state index contributed by atoms with van der Waals surface area (Å²) in [7, 11) is 12.5. The highest BCUT2D eigenvalue weighted by Crippen LogP contribution is 2.35. The highest BCUT2D eigenvalue weighted by molar-refractivity contribution is 6.33. The van der Waals surface area contributed by atoms with Crippen molar-refractivity contribution in [2.75, 3.05) is 101 Å². The van der Waals surface area contributed by atoms with Crippen LogP contribution in [0.25, 0.3) is 0 Å². The molecule has 0 spiro atoms. The highest BCUT2D eigenvalue weighted by atomic mass is 35.5. The van der Waals surface area contributed by atoms with Crippen LogP contribution in [-0.4, -0.2) is 91.4 Å². The summed E-state index contributed by atoms with van der Waals surface area (Å²) >= 11 is 12.1. The van der Waals surface area contributed by atoms with E-state index in [0.29, 0.717) is 0 Å². The van der Waals surface area contributed by atoms with Crippen LogP contribution < -0.4 is 19.6 Å². The average molecular weight is 974 g/mol. The van der Waals surface area contributed by atoms with Crippen LogP contribution in [0.1, 0.15) is 62.9 Å².